The molecule has 6 heteroatoms. The molecule has 1 rings (SSSR count). The van der Waals surface area contributed by atoms with Gasteiger partial charge >= 0.3 is 6.18 Å². The van der Waals surface area contributed by atoms with E-state index >= 15 is 0 Å². The summed E-state index contributed by atoms with van der Waals surface area (Å²) in [6, 6.07) is 5.50. The van der Waals surface area contributed by atoms with Crippen LogP contribution in [0.5, 0.6) is 0 Å². The van der Waals surface area contributed by atoms with E-state index in [4.69, 9.17) is 14.2 Å². The molecule has 0 amide bonds. The van der Waals surface area contributed by atoms with Crippen molar-refractivity contribution in [2.75, 3.05) is 0 Å². The average Bonchev–Trinajstić information content (AvgIpc) is 2.73. The molecular weight excluding hydrogens is 453 g/mol. The maximum Gasteiger partial charge on any atom is 0.416 e. The number of hydrogen-bond donors (Lipinski definition) is 0. The first-order valence-electron chi connectivity index (χ1n) is 13.6. The predicted molar refractivity (Wildman–Crippen MR) is 137 cm³/mol. The SMILES string of the molecule is CCCCCCCCC(CCCc1ccc(C(F)(F)F)cc1)C(OC(C)C)(OC(C)C)OC(C)C. The molecule has 0 bridgehead atoms. The molecule has 0 aliphatic rings. The van der Waals surface area contributed by atoms with Crippen molar-refractivity contribution in [3.63, 3.8) is 0 Å². The smallest absolute Gasteiger partial charge is 0.324 e. The third kappa shape index (κ3) is 12.6. The summed E-state index contributed by atoms with van der Waals surface area (Å²) in [4.78, 5) is 0. The number of halogens is 3. The maximum absolute atomic E-state index is 12.9. The van der Waals surface area contributed by atoms with E-state index < -0.39 is 17.7 Å². The zero-order valence-electron chi connectivity index (χ0n) is 23.0. The summed E-state index contributed by atoms with van der Waals surface area (Å²) in [6.07, 6.45) is 5.92. The van der Waals surface area contributed by atoms with Crippen LogP contribution in [0.15, 0.2) is 24.3 Å². The van der Waals surface area contributed by atoms with Crippen LogP contribution in [0.25, 0.3) is 0 Å². The maximum atomic E-state index is 12.9. The van der Waals surface area contributed by atoms with Crippen molar-refractivity contribution in [3.8, 4) is 0 Å². The molecule has 35 heavy (non-hydrogen) atoms. The quantitative estimate of drug-likeness (QED) is 0.148. The molecule has 1 atom stereocenters. The van der Waals surface area contributed by atoms with Gasteiger partial charge in [0, 0.05) is 5.92 Å². The van der Waals surface area contributed by atoms with Crippen molar-refractivity contribution in [3.05, 3.63) is 35.4 Å². The Morgan fingerprint density at radius 3 is 1.57 bits per heavy atom. The number of benzene rings is 1. The Balaban J connectivity index is 3.00. The minimum atomic E-state index is -4.31. The Labute approximate surface area is 212 Å². The number of alkyl halides is 3. The molecule has 0 radical (unpaired) electrons. The van der Waals surface area contributed by atoms with Crippen LogP contribution in [0.1, 0.15) is 117 Å². The van der Waals surface area contributed by atoms with Crippen LogP contribution in [0.3, 0.4) is 0 Å². The molecule has 0 aromatic heterocycles. The summed E-state index contributed by atoms with van der Waals surface area (Å²) in [7, 11) is 0. The Morgan fingerprint density at radius 1 is 0.657 bits per heavy atom. The van der Waals surface area contributed by atoms with E-state index in [2.05, 4.69) is 6.92 Å². The van der Waals surface area contributed by atoms with E-state index in [1.165, 1.54) is 37.8 Å². The highest BCUT2D eigenvalue weighted by Gasteiger charge is 2.44. The van der Waals surface area contributed by atoms with Crippen molar-refractivity contribution in [2.24, 2.45) is 5.92 Å². The van der Waals surface area contributed by atoms with E-state index in [0.717, 1.165) is 37.7 Å². The molecule has 3 nitrogen and oxygen atoms in total. The fourth-order valence-corrected chi connectivity index (χ4v) is 4.44. The molecule has 0 spiro atoms. The first kappa shape index (κ1) is 31.9. The molecular formula is C29H49F3O3. The highest BCUT2D eigenvalue weighted by atomic mass is 19.4. The summed E-state index contributed by atoms with van der Waals surface area (Å²) >= 11 is 0. The number of ether oxygens (including phenoxy) is 3. The van der Waals surface area contributed by atoms with Crippen LogP contribution in [-0.2, 0) is 26.8 Å². The lowest BCUT2D eigenvalue weighted by molar-refractivity contribution is -0.433. The first-order chi connectivity index (χ1) is 16.4. The second-order valence-corrected chi connectivity index (χ2v) is 10.4. The molecule has 0 heterocycles. The van der Waals surface area contributed by atoms with E-state index in [-0.39, 0.29) is 24.2 Å². The molecule has 1 aromatic rings. The lowest BCUT2D eigenvalue weighted by Gasteiger charge is -2.43. The van der Waals surface area contributed by atoms with Crippen LogP contribution in [0.2, 0.25) is 0 Å². The van der Waals surface area contributed by atoms with Crippen LogP contribution >= 0.6 is 0 Å². The lowest BCUT2D eigenvalue weighted by atomic mass is 9.91. The van der Waals surface area contributed by atoms with Crippen LogP contribution in [0, 0.1) is 5.92 Å². The number of aryl methyl sites for hydroxylation is 1. The molecule has 1 unspecified atom stereocenters. The second kappa shape index (κ2) is 15.9. The van der Waals surface area contributed by atoms with Crippen LogP contribution in [-0.4, -0.2) is 24.3 Å². The molecule has 0 N–H and O–H groups in total. The van der Waals surface area contributed by atoms with Crippen LogP contribution in [0.4, 0.5) is 13.2 Å². The Bertz CT molecular complexity index is 642. The van der Waals surface area contributed by atoms with E-state index in [0.29, 0.717) is 6.42 Å². The highest BCUT2D eigenvalue weighted by molar-refractivity contribution is 5.24. The van der Waals surface area contributed by atoms with Gasteiger partial charge in [-0.3, -0.25) is 0 Å². The van der Waals surface area contributed by atoms with E-state index in [1.54, 1.807) is 12.1 Å². The van der Waals surface area contributed by atoms with Gasteiger partial charge < -0.3 is 14.2 Å². The zero-order valence-corrected chi connectivity index (χ0v) is 23.0. The monoisotopic (exact) mass is 502 g/mol. The van der Waals surface area contributed by atoms with Gasteiger partial charge in [0.25, 0.3) is 5.97 Å². The average molecular weight is 503 g/mol. The van der Waals surface area contributed by atoms with E-state index in [9.17, 15) is 13.2 Å². The number of unbranched alkanes of at least 4 members (excludes halogenated alkanes) is 5. The molecule has 0 saturated carbocycles. The van der Waals surface area contributed by atoms with Crippen molar-refractivity contribution in [1.82, 2.24) is 0 Å². The van der Waals surface area contributed by atoms with Gasteiger partial charge in [-0.05, 0) is 84.9 Å². The van der Waals surface area contributed by atoms with Crippen molar-refractivity contribution >= 4 is 0 Å². The minimum absolute atomic E-state index is 0.0234. The molecule has 0 fully saturated rings. The van der Waals surface area contributed by atoms with Crippen molar-refractivity contribution < 1.29 is 27.4 Å². The van der Waals surface area contributed by atoms with Crippen LogP contribution < -0.4 is 0 Å². The summed E-state index contributed by atoms with van der Waals surface area (Å²) in [5.41, 5.74) is 0.295. The molecule has 0 aliphatic heterocycles. The normalized spacial score (nSPS) is 13.9. The molecule has 204 valence electrons. The third-order valence-corrected chi connectivity index (χ3v) is 5.91. The first-order valence-corrected chi connectivity index (χ1v) is 13.6. The van der Waals surface area contributed by atoms with Gasteiger partial charge in [0.15, 0.2) is 0 Å². The van der Waals surface area contributed by atoms with Gasteiger partial charge in [-0.25, -0.2) is 0 Å². The Hall–Kier alpha value is -1.11. The minimum Gasteiger partial charge on any atom is -0.324 e. The molecule has 0 saturated heterocycles. The fraction of sp³-hybridized carbons (Fsp3) is 0.793. The van der Waals surface area contributed by atoms with Gasteiger partial charge in [0.1, 0.15) is 0 Å². The van der Waals surface area contributed by atoms with Crippen molar-refractivity contribution in [1.29, 1.82) is 0 Å². The zero-order chi connectivity index (χ0) is 26.5. The highest BCUT2D eigenvalue weighted by Crippen LogP contribution is 2.37. The van der Waals surface area contributed by atoms with Gasteiger partial charge in [0.2, 0.25) is 0 Å². The van der Waals surface area contributed by atoms with Gasteiger partial charge in [-0.15, -0.1) is 0 Å². The summed E-state index contributed by atoms with van der Waals surface area (Å²) in [5.74, 6) is -1.12. The number of hydrogen-bond acceptors (Lipinski definition) is 3. The van der Waals surface area contributed by atoms with Gasteiger partial charge in [0.05, 0.1) is 23.9 Å². The topological polar surface area (TPSA) is 27.7 Å². The number of rotatable bonds is 18. The second-order valence-electron chi connectivity index (χ2n) is 10.4. The standard InChI is InChI=1S/C29H49F3O3/c1-8-9-10-11-12-13-16-27(29(33-22(2)3,34-23(4)5)35-24(6)7)17-14-15-25-18-20-26(21-19-25)28(30,31)32/h18-24,27H,8-17H2,1-7H3. The lowest BCUT2D eigenvalue weighted by Crippen LogP contribution is -2.51. The third-order valence-electron chi connectivity index (χ3n) is 5.91. The summed E-state index contributed by atoms with van der Waals surface area (Å²) in [5, 5.41) is 0. The summed E-state index contributed by atoms with van der Waals surface area (Å²) < 4.78 is 57.9. The largest absolute Gasteiger partial charge is 0.416 e. The fourth-order valence-electron chi connectivity index (χ4n) is 4.44. The summed E-state index contributed by atoms with van der Waals surface area (Å²) in [6.45, 7) is 14.2. The Morgan fingerprint density at radius 2 is 1.11 bits per heavy atom. The van der Waals surface area contributed by atoms with Gasteiger partial charge in [-0.1, -0.05) is 57.6 Å². The van der Waals surface area contributed by atoms with Gasteiger partial charge in [-0.2, -0.15) is 13.2 Å². The van der Waals surface area contributed by atoms with E-state index in [1.807, 2.05) is 41.5 Å². The van der Waals surface area contributed by atoms with Crippen molar-refractivity contribution in [2.45, 2.75) is 143 Å². The Kier molecular flexibility index (Phi) is 14.5. The molecule has 0 aliphatic carbocycles. The molecule has 1 aromatic carbocycles. The predicted octanol–water partition coefficient (Wildman–Crippen LogP) is 9.32.